The third-order valence-electron chi connectivity index (χ3n) is 3.02. The number of nitrogens with one attached hydrogen (secondary N) is 3. The summed E-state index contributed by atoms with van der Waals surface area (Å²) >= 11 is 5.13. The van der Waals surface area contributed by atoms with E-state index in [4.69, 9.17) is 12.2 Å². The van der Waals surface area contributed by atoms with Gasteiger partial charge in [0, 0.05) is 13.0 Å². The molecule has 0 aliphatic carbocycles. The van der Waals surface area contributed by atoms with Gasteiger partial charge in [-0.15, -0.1) is 0 Å². The molecule has 0 unspecified atom stereocenters. The molecule has 5 nitrogen and oxygen atoms in total. The molecule has 0 radical (unpaired) electrons. The second kappa shape index (κ2) is 9.89. The summed E-state index contributed by atoms with van der Waals surface area (Å²) in [6.07, 6.45) is 3.39. The van der Waals surface area contributed by atoms with Crippen LogP contribution in [0.3, 0.4) is 0 Å². The molecule has 0 aliphatic heterocycles. The number of carbonyl (C=O) groups is 2. The summed E-state index contributed by atoms with van der Waals surface area (Å²) in [4.78, 5) is 23.7. The first-order valence-corrected chi connectivity index (χ1v) is 7.97. The molecule has 0 saturated carbocycles. The van der Waals surface area contributed by atoms with Gasteiger partial charge in [-0.05, 0) is 37.7 Å². The first-order chi connectivity index (χ1) is 10.6. The first-order valence-electron chi connectivity index (χ1n) is 7.56. The minimum atomic E-state index is -0.178. The highest BCUT2D eigenvalue weighted by Crippen LogP contribution is 2.14. The van der Waals surface area contributed by atoms with Crippen molar-refractivity contribution in [3.63, 3.8) is 0 Å². The average molecular weight is 321 g/mol. The van der Waals surface area contributed by atoms with Crippen LogP contribution in [0.2, 0.25) is 0 Å². The van der Waals surface area contributed by atoms with E-state index in [1.807, 2.05) is 6.92 Å². The van der Waals surface area contributed by atoms with Crippen LogP contribution < -0.4 is 16.0 Å². The summed E-state index contributed by atoms with van der Waals surface area (Å²) in [6, 6.07) is 7.04. The number of thiocarbonyl (C=S) groups is 1. The highest BCUT2D eigenvalue weighted by molar-refractivity contribution is 7.80. The van der Waals surface area contributed by atoms with Gasteiger partial charge in [-0.1, -0.05) is 31.9 Å². The van der Waals surface area contributed by atoms with Crippen LogP contribution in [0.1, 0.15) is 49.9 Å². The molecule has 0 saturated heterocycles. The van der Waals surface area contributed by atoms with Gasteiger partial charge in [-0.25, -0.2) is 0 Å². The zero-order valence-corrected chi connectivity index (χ0v) is 13.9. The molecule has 22 heavy (non-hydrogen) atoms. The molecule has 0 bridgehead atoms. The Morgan fingerprint density at radius 3 is 2.55 bits per heavy atom. The predicted octanol–water partition coefficient (Wildman–Crippen LogP) is 2.83. The van der Waals surface area contributed by atoms with Crippen LogP contribution in [0.15, 0.2) is 24.3 Å². The highest BCUT2D eigenvalue weighted by Gasteiger charge is 2.11. The van der Waals surface area contributed by atoms with E-state index < -0.39 is 0 Å². The molecule has 0 fully saturated rings. The van der Waals surface area contributed by atoms with E-state index in [0.29, 0.717) is 24.2 Å². The molecule has 0 spiro atoms. The number of rotatable bonds is 7. The number of benzene rings is 1. The monoisotopic (exact) mass is 321 g/mol. The molecule has 6 heteroatoms. The maximum atomic E-state index is 12.0. The van der Waals surface area contributed by atoms with Gasteiger partial charge in [-0.2, -0.15) is 0 Å². The number of hydrogen-bond acceptors (Lipinski definition) is 3. The molecule has 1 aromatic rings. The lowest BCUT2D eigenvalue weighted by molar-refractivity contribution is -0.119. The molecule has 1 rings (SSSR count). The molecule has 0 aliphatic rings. The molecular weight excluding hydrogens is 298 g/mol. The Morgan fingerprint density at radius 1 is 1.14 bits per heavy atom. The van der Waals surface area contributed by atoms with Crippen molar-refractivity contribution in [2.75, 3.05) is 11.9 Å². The average Bonchev–Trinajstić information content (AvgIpc) is 2.48. The van der Waals surface area contributed by atoms with Crippen molar-refractivity contribution >= 4 is 34.8 Å². The summed E-state index contributed by atoms with van der Waals surface area (Å²) < 4.78 is 0. The number of unbranched alkanes of at least 4 members (excludes halogenated alkanes) is 2. The topological polar surface area (TPSA) is 70.2 Å². The second-order valence-corrected chi connectivity index (χ2v) is 5.27. The first kappa shape index (κ1) is 18.1. The number of para-hydroxylation sites is 1. The Balaban J connectivity index is 2.61. The Labute approximate surface area is 136 Å². The van der Waals surface area contributed by atoms with Crippen LogP contribution >= 0.6 is 12.2 Å². The van der Waals surface area contributed by atoms with Crippen molar-refractivity contribution in [3.8, 4) is 0 Å². The van der Waals surface area contributed by atoms with Gasteiger partial charge in [0.2, 0.25) is 5.91 Å². The molecule has 0 heterocycles. The standard InChI is InChI=1S/C16H23N3O2S/c1-3-5-6-11-14(20)19-16(22)18-13-10-8-7-9-12(13)15(21)17-4-2/h7-10H,3-6,11H2,1-2H3,(H,17,21)(H2,18,19,20,22). The van der Waals surface area contributed by atoms with Crippen LogP contribution in [0.5, 0.6) is 0 Å². The maximum absolute atomic E-state index is 12.0. The van der Waals surface area contributed by atoms with Crippen LogP contribution in [0.4, 0.5) is 5.69 Å². The Kier molecular flexibility index (Phi) is 8.14. The molecule has 3 N–H and O–H groups in total. The van der Waals surface area contributed by atoms with Gasteiger partial charge >= 0.3 is 0 Å². The molecule has 0 atom stereocenters. The molecule has 1 aromatic carbocycles. The predicted molar refractivity (Wildman–Crippen MR) is 93.0 cm³/mol. The normalized spacial score (nSPS) is 9.91. The van der Waals surface area contributed by atoms with E-state index in [2.05, 4.69) is 22.9 Å². The summed E-state index contributed by atoms with van der Waals surface area (Å²) in [5, 5.41) is 8.49. The summed E-state index contributed by atoms with van der Waals surface area (Å²) in [5.41, 5.74) is 1.07. The smallest absolute Gasteiger partial charge is 0.253 e. The van der Waals surface area contributed by atoms with Crippen molar-refractivity contribution in [3.05, 3.63) is 29.8 Å². The van der Waals surface area contributed by atoms with Crippen LogP contribution in [-0.2, 0) is 4.79 Å². The largest absolute Gasteiger partial charge is 0.352 e. The quantitative estimate of drug-likeness (QED) is 0.533. The lowest BCUT2D eigenvalue weighted by Crippen LogP contribution is -2.34. The minimum absolute atomic E-state index is 0.110. The maximum Gasteiger partial charge on any atom is 0.253 e. The van der Waals surface area contributed by atoms with Gasteiger partial charge in [0.15, 0.2) is 5.11 Å². The number of carbonyl (C=O) groups excluding carboxylic acids is 2. The fourth-order valence-electron chi connectivity index (χ4n) is 1.92. The molecular formula is C16H23N3O2S. The third-order valence-corrected chi connectivity index (χ3v) is 3.22. The summed E-state index contributed by atoms with van der Waals surface area (Å²) in [5.74, 6) is -0.288. The van der Waals surface area contributed by atoms with E-state index in [0.717, 1.165) is 19.3 Å². The van der Waals surface area contributed by atoms with Crippen molar-refractivity contribution in [1.29, 1.82) is 0 Å². The van der Waals surface area contributed by atoms with Gasteiger partial charge in [0.05, 0.1) is 11.3 Å². The van der Waals surface area contributed by atoms with Crippen LogP contribution in [0, 0.1) is 0 Å². The zero-order valence-electron chi connectivity index (χ0n) is 13.1. The molecule has 120 valence electrons. The number of anilines is 1. The Hall–Kier alpha value is -1.95. The van der Waals surface area contributed by atoms with E-state index in [1.165, 1.54) is 0 Å². The second-order valence-electron chi connectivity index (χ2n) is 4.86. The van der Waals surface area contributed by atoms with Crippen molar-refractivity contribution < 1.29 is 9.59 Å². The fourth-order valence-corrected chi connectivity index (χ4v) is 2.15. The van der Waals surface area contributed by atoms with E-state index >= 15 is 0 Å². The lowest BCUT2D eigenvalue weighted by Gasteiger charge is -2.13. The fraction of sp³-hybridized carbons (Fsp3) is 0.438. The highest BCUT2D eigenvalue weighted by atomic mass is 32.1. The van der Waals surface area contributed by atoms with Crippen molar-refractivity contribution in [2.24, 2.45) is 0 Å². The van der Waals surface area contributed by atoms with Gasteiger partial charge in [-0.3, -0.25) is 9.59 Å². The molecule has 2 amide bonds. The summed E-state index contributed by atoms with van der Waals surface area (Å²) in [6.45, 7) is 4.49. The Morgan fingerprint density at radius 2 is 1.86 bits per heavy atom. The van der Waals surface area contributed by atoms with E-state index in [-0.39, 0.29) is 16.9 Å². The van der Waals surface area contributed by atoms with Crippen molar-refractivity contribution in [2.45, 2.75) is 39.5 Å². The summed E-state index contributed by atoms with van der Waals surface area (Å²) in [7, 11) is 0. The van der Waals surface area contributed by atoms with E-state index in [9.17, 15) is 9.59 Å². The van der Waals surface area contributed by atoms with Crippen LogP contribution in [-0.4, -0.2) is 23.5 Å². The van der Waals surface area contributed by atoms with Gasteiger partial charge < -0.3 is 16.0 Å². The molecule has 0 aromatic heterocycles. The third kappa shape index (κ3) is 6.22. The lowest BCUT2D eigenvalue weighted by atomic mass is 10.1. The Bertz CT molecular complexity index is 532. The van der Waals surface area contributed by atoms with Gasteiger partial charge in [0.25, 0.3) is 5.91 Å². The zero-order chi connectivity index (χ0) is 16.4. The van der Waals surface area contributed by atoms with Crippen LogP contribution in [0.25, 0.3) is 0 Å². The van der Waals surface area contributed by atoms with Gasteiger partial charge in [0.1, 0.15) is 0 Å². The minimum Gasteiger partial charge on any atom is -0.352 e. The number of hydrogen-bond donors (Lipinski definition) is 3. The SMILES string of the molecule is CCCCCC(=O)NC(=S)Nc1ccccc1C(=O)NCC. The van der Waals surface area contributed by atoms with E-state index in [1.54, 1.807) is 24.3 Å². The number of amides is 2. The van der Waals surface area contributed by atoms with Crippen molar-refractivity contribution in [1.82, 2.24) is 10.6 Å².